The van der Waals surface area contributed by atoms with E-state index in [0.717, 1.165) is 43.1 Å². The molecule has 1 unspecified atom stereocenters. The number of amides is 2. The number of nitrogens with one attached hydrogen (secondary N) is 2. The summed E-state index contributed by atoms with van der Waals surface area (Å²) in [5.74, 6) is -0.767. The molecule has 38 heavy (non-hydrogen) atoms. The number of aryl methyl sites for hydroxylation is 1. The van der Waals surface area contributed by atoms with Crippen molar-refractivity contribution in [1.29, 1.82) is 0 Å². The summed E-state index contributed by atoms with van der Waals surface area (Å²) in [5.41, 5.74) is 0.412. The van der Waals surface area contributed by atoms with Gasteiger partial charge in [0.1, 0.15) is 24.2 Å². The summed E-state index contributed by atoms with van der Waals surface area (Å²) in [7, 11) is 0. The minimum Gasteiger partial charge on any atom is -0.449 e. The van der Waals surface area contributed by atoms with Crippen LogP contribution < -0.4 is 21.9 Å². The molecular formula is C29H32N4O5. The lowest BCUT2D eigenvalue weighted by Crippen LogP contribution is -2.46. The van der Waals surface area contributed by atoms with Crippen LogP contribution in [0.5, 0.6) is 0 Å². The summed E-state index contributed by atoms with van der Waals surface area (Å²) in [4.78, 5) is 52.7. The molecule has 0 spiro atoms. The van der Waals surface area contributed by atoms with E-state index in [9.17, 15) is 19.2 Å². The second-order valence-corrected chi connectivity index (χ2v) is 10.1. The van der Waals surface area contributed by atoms with Crippen LogP contribution in [0, 0.1) is 0 Å². The highest BCUT2D eigenvalue weighted by atomic mass is 16.3. The standard InChI is InChI=1S/C29H32N4O5/c1-19(15-16-20-9-3-2-4-10-20)30-24(34)17-32-26-22-13-7-8-14-23(22)38-27(26)28(36)33(29(32)37)18-25(35)31-21-11-5-6-12-21/h2-4,7-10,13-14,19,21H,5-6,11-12,15-18H2,1H3,(H,30,34)(H,31,35). The summed E-state index contributed by atoms with van der Waals surface area (Å²) in [6.45, 7) is 1.18. The molecule has 1 aliphatic carbocycles. The van der Waals surface area contributed by atoms with Gasteiger partial charge in [0, 0.05) is 17.5 Å². The zero-order valence-electron chi connectivity index (χ0n) is 21.4. The number of carbonyl (C=O) groups excluding carboxylic acids is 2. The molecule has 0 saturated heterocycles. The van der Waals surface area contributed by atoms with Gasteiger partial charge in [0.2, 0.25) is 17.4 Å². The summed E-state index contributed by atoms with van der Waals surface area (Å²) in [6, 6.07) is 16.9. The van der Waals surface area contributed by atoms with Crippen LogP contribution in [0.1, 0.15) is 44.6 Å². The molecule has 9 heteroatoms. The van der Waals surface area contributed by atoms with Gasteiger partial charge >= 0.3 is 5.69 Å². The van der Waals surface area contributed by atoms with E-state index in [1.54, 1.807) is 24.3 Å². The zero-order valence-corrected chi connectivity index (χ0v) is 21.4. The molecule has 2 aromatic heterocycles. The van der Waals surface area contributed by atoms with Crippen LogP contribution in [-0.2, 0) is 29.1 Å². The van der Waals surface area contributed by atoms with Gasteiger partial charge in [-0.2, -0.15) is 0 Å². The van der Waals surface area contributed by atoms with Crippen molar-refractivity contribution in [2.45, 2.75) is 70.6 Å². The van der Waals surface area contributed by atoms with Crippen LogP contribution in [0.15, 0.2) is 68.6 Å². The van der Waals surface area contributed by atoms with E-state index >= 15 is 0 Å². The van der Waals surface area contributed by atoms with Crippen LogP contribution in [0.25, 0.3) is 22.1 Å². The largest absolute Gasteiger partial charge is 0.449 e. The first-order valence-electron chi connectivity index (χ1n) is 13.2. The van der Waals surface area contributed by atoms with E-state index in [-0.39, 0.29) is 35.6 Å². The predicted octanol–water partition coefficient (Wildman–Crippen LogP) is 3.11. The van der Waals surface area contributed by atoms with Crippen molar-refractivity contribution in [2.24, 2.45) is 0 Å². The first-order chi connectivity index (χ1) is 18.4. The highest BCUT2D eigenvalue weighted by Crippen LogP contribution is 2.25. The number of nitrogens with zero attached hydrogens (tertiary/aromatic N) is 2. The predicted molar refractivity (Wildman–Crippen MR) is 145 cm³/mol. The number of fused-ring (bicyclic) bond motifs is 3. The highest BCUT2D eigenvalue weighted by Gasteiger charge is 2.24. The van der Waals surface area contributed by atoms with E-state index in [2.05, 4.69) is 10.6 Å². The smallest absolute Gasteiger partial charge is 0.332 e. The molecule has 198 valence electrons. The van der Waals surface area contributed by atoms with Gasteiger partial charge in [0.25, 0.3) is 5.56 Å². The highest BCUT2D eigenvalue weighted by molar-refractivity contribution is 6.02. The third-order valence-electron chi connectivity index (χ3n) is 7.18. The Morgan fingerprint density at radius 1 is 0.947 bits per heavy atom. The van der Waals surface area contributed by atoms with E-state index in [1.165, 1.54) is 10.1 Å². The topological polar surface area (TPSA) is 115 Å². The second kappa shape index (κ2) is 11.1. The lowest BCUT2D eigenvalue weighted by Gasteiger charge is -2.16. The quantitative estimate of drug-likeness (QED) is 0.355. The normalized spacial score (nSPS) is 14.7. The SMILES string of the molecule is CC(CCc1ccccc1)NC(=O)Cn1c(=O)n(CC(=O)NC2CCCC2)c(=O)c2oc3ccccc3c21. The number of hydrogen-bond acceptors (Lipinski definition) is 5. The molecule has 2 amide bonds. The number of para-hydroxylation sites is 1. The third kappa shape index (κ3) is 5.41. The van der Waals surface area contributed by atoms with Gasteiger partial charge < -0.3 is 15.1 Å². The van der Waals surface area contributed by atoms with Crippen LogP contribution in [0.4, 0.5) is 0 Å². The van der Waals surface area contributed by atoms with Crippen LogP contribution in [0.2, 0.25) is 0 Å². The Hall–Kier alpha value is -4.14. The van der Waals surface area contributed by atoms with E-state index < -0.39 is 23.7 Å². The number of hydrogen-bond donors (Lipinski definition) is 2. The first kappa shape index (κ1) is 25.5. The van der Waals surface area contributed by atoms with Crippen molar-refractivity contribution < 1.29 is 14.0 Å². The average Bonchev–Trinajstić information content (AvgIpc) is 3.56. The maximum atomic E-state index is 13.6. The second-order valence-electron chi connectivity index (χ2n) is 10.1. The first-order valence-corrected chi connectivity index (χ1v) is 13.2. The lowest BCUT2D eigenvalue weighted by atomic mass is 10.1. The monoisotopic (exact) mass is 516 g/mol. The fraction of sp³-hybridized carbons (Fsp3) is 0.379. The molecule has 2 heterocycles. The number of aromatic nitrogens is 2. The van der Waals surface area contributed by atoms with Gasteiger partial charge in [-0.05, 0) is 50.3 Å². The van der Waals surface area contributed by atoms with Gasteiger partial charge in [-0.3, -0.25) is 19.0 Å². The van der Waals surface area contributed by atoms with Crippen molar-refractivity contribution >= 4 is 33.9 Å². The third-order valence-corrected chi connectivity index (χ3v) is 7.18. The maximum absolute atomic E-state index is 13.6. The summed E-state index contributed by atoms with van der Waals surface area (Å²) in [6.07, 6.45) is 5.39. The molecule has 9 nitrogen and oxygen atoms in total. The Balaban J connectivity index is 1.42. The molecule has 2 aromatic carbocycles. The number of rotatable bonds is 9. The Labute approximate surface area is 219 Å². The van der Waals surface area contributed by atoms with Gasteiger partial charge in [-0.1, -0.05) is 55.3 Å². The van der Waals surface area contributed by atoms with Gasteiger partial charge in [0.15, 0.2) is 0 Å². The van der Waals surface area contributed by atoms with Crippen molar-refractivity contribution in [3.63, 3.8) is 0 Å². The molecule has 1 saturated carbocycles. The molecule has 0 bridgehead atoms. The average molecular weight is 517 g/mol. The molecule has 1 fully saturated rings. The van der Waals surface area contributed by atoms with Crippen molar-refractivity contribution in [3.8, 4) is 0 Å². The van der Waals surface area contributed by atoms with Crippen LogP contribution >= 0.6 is 0 Å². The molecule has 2 N–H and O–H groups in total. The molecule has 0 radical (unpaired) electrons. The van der Waals surface area contributed by atoms with Crippen LogP contribution in [-0.4, -0.2) is 33.0 Å². The number of furan rings is 1. The van der Waals surface area contributed by atoms with Crippen LogP contribution in [0.3, 0.4) is 0 Å². The molecular weight excluding hydrogens is 484 g/mol. The van der Waals surface area contributed by atoms with Gasteiger partial charge in [-0.25, -0.2) is 9.36 Å². The minimum atomic E-state index is -0.720. The fourth-order valence-corrected chi connectivity index (χ4v) is 5.23. The van der Waals surface area contributed by atoms with E-state index in [4.69, 9.17) is 4.42 Å². The molecule has 1 atom stereocenters. The number of carbonyl (C=O) groups is 2. The Kier molecular flexibility index (Phi) is 7.44. The van der Waals surface area contributed by atoms with E-state index in [1.807, 2.05) is 37.3 Å². The molecule has 4 aromatic rings. The minimum absolute atomic E-state index is 0.0515. The Bertz CT molecular complexity index is 1580. The Morgan fingerprint density at radius 2 is 1.63 bits per heavy atom. The summed E-state index contributed by atoms with van der Waals surface area (Å²) < 4.78 is 7.93. The fourth-order valence-electron chi connectivity index (χ4n) is 5.23. The number of benzene rings is 2. The zero-order chi connectivity index (χ0) is 26.6. The van der Waals surface area contributed by atoms with Crippen molar-refractivity contribution in [1.82, 2.24) is 19.8 Å². The lowest BCUT2D eigenvalue weighted by molar-refractivity contribution is -0.122. The van der Waals surface area contributed by atoms with E-state index in [0.29, 0.717) is 11.0 Å². The molecule has 1 aliphatic rings. The maximum Gasteiger partial charge on any atom is 0.332 e. The Morgan fingerprint density at radius 3 is 2.39 bits per heavy atom. The summed E-state index contributed by atoms with van der Waals surface area (Å²) >= 11 is 0. The van der Waals surface area contributed by atoms with Crippen molar-refractivity contribution in [3.05, 3.63) is 81.0 Å². The molecule has 5 rings (SSSR count). The van der Waals surface area contributed by atoms with Gasteiger partial charge in [0.05, 0.1) is 0 Å². The van der Waals surface area contributed by atoms with Crippen molar-refractivity contribution in [2.75, 3.05) is 0 Å². The van der Waals surface area contributed by atoms with Gasteiger partial charge in [-0.15, -0.1) is 0 Å². The molecule has 0 aliphatic heterocycles. The summed E-state index contributed by atoms with van der Waals surface area (Å²) in [5, 5.41) is 6.43.